The first-order valence-corrected chi connectivity index (χ1v) is 6.11. The zero-order valence-electron chi connectivity index (χ0n) is 10.6. The highest BCUT2D eigenvalue weighted by Gasteiger charge is 2.09. The lowest BCUT2D eigenvalue weighted by molar-refractivity contribution is -0.384. The number of oxazole rings is 1. The Balaban J connectivity index is 2.07. The number of nitrogens with zero attached hydrogens (tertiary/aromatic N) is 2. The Labute approximate surface area is 110 Å². The fourth-order valence-corrected chi connectivity index (χ4v) is 1.68. The van der Waals surface area contributed by atoms with Crippen molar-refractivity contribution < 1.29 is 9.34 Å². The molecule has 19 heavy (non-hydrogen) atoms. The molecule has 0 fully saturated rings. The van der Waals surface area contributed by atoms with Gasteiger partial charge in [0.15, 0.2) is 11.7 Å². The molecule has 0 unspecified atom stereocenters. The van der Waals surface area contributed by atoms with Crippen molar-refractivity contribution >= 4 is 5.69 Å². The minimum absolute atomic E-state index is 0.0654. The molecular weight excluding hydrogens is 246 g/mol. The van der Waals surface area contributed by atoms with E-state index in [0.717, 1.165) is 25.1 Å². The normalized spacial score (nSPS) is 10.6. The second kappa shape index (κ2) is 6.10. The first-order chi connectivity index (χ1) is 9.20. The van der Waals surface area contributed by atoms with Crippen molar-refractivity contribution in [1.82, 2.24) is 10.3 Å². The predicted molar refractivity (Wildman–Crippen MR) is 70.8 cm³/mol. The van der Waals surface area contributed by atoms with Gasteiger partial charge in [0.05, 0.1) is 11.1 Å². The number of aromatic nitrogens is 1. The Kier molecular flexibility index (Phi) is 4.25. The van der Waals surface area contributed by atoms with Crippen molar-refractivity contribution in [2.45, 2.75) is 13.3 Å². The molecule has 2 aromatic rings. The fourth-order valence-electron chi connectivity index (χ4n) is 1.68. The zero-order valence-corrected chi connectivity index (χ0v) is 10.6. The quantitative estimate of drug-likeness (QED) is 0.490. The molecule has 1 aromatic carbocycles. The summed E-state index contributed by atoms with van der Waals surface area (Å²) in [5.41, 5.74) is 0.850. The third kappa shape index (κ3) is 3.38. The highest BCUT2D eigenvalue weighted by atomic mass is 16.6. The van der Waals surface area contributed by atoms with E-state index in [2.05, 4.69) is 10.3 Å². The molecule has 0 aliphatic heterocycles. The maximum atomic E-state index is 10.6. The van der Waals surface area contributed by atoms with Crippen LogP contribution in [-0.2, 0) is 6.42 Å². The minimum Gasteiger partial charge on any atom is -0.441 e. The van der Waals surface area contributed by atoms with E-state index in [1.54, 1.807) is 18.3 Å². The maximum absolute atomic E-state index is 10.6. The van der Waals surface area contributed by atoms with E-state index in [1.807, 2.05) is 6.92 Å². The Morgan fingerprint density at radius 1 is 1.37 bits per heavy atom. The van der Waals surface area contributed by atoms with Gasteiger partial charge in [0.25, 0.3) is 5.69 Å². The SMILES string of the molecule is CCNCCc1ncc(-c2ccc([N+](=O)[O-])cc2)o1. The van der Waals surface area contributed by atoms with Gasteiger partial charge in [-0.15, -0.1) is 0 Å². The molecule has 1 N–H and O–H groups in total. The molecule has 0 spiro atoms. The first-order valence-electron chi connectivity index (χ1n) is 6.11. The van der Waals surface area contributed by atoms with Gasteiger partial charge in [-0.1, -0.05) is 6.92 Å². The van der Waals surface area contributed by atoms with Crippen LogP contribution in [0.4, 0.5) is 5.69 Å². The molecule has 1 aromatic heterocycles. The van der Waals surface area contributed by atoms with Crippen LogP contribution >= 0.6 is 0 Å². The number of hydrogen-bond acceptors (Lipinski definition) is 5. The molecule has 1 heterocycles. The Morgan fingerprint density at radius 2 is 2.11 bits per heavy atom. The number of nitro benzene ring substituents is 1. The van der Waals surface area contributed by atoms with E-state index in [-0.39, 0.29) is 5.69 Å². The van der Waals surface area contributed by atoms with Crippen LogP contribution in [0.3, 0.4) is 0 Å². The van der Waals surface area contributed by atoms with E-state index >= 15 is 0 Å². The van der Waals surface area contributed by atoms with Crippen molar-refractivity contribution in [3.8, 4) is 11.3 Å². The highest BCUT2D eigenvalue weighted by molar-refractivity contribution is 5.58. The lowest BCUT2D eigenvalue weighted by Crippen LogP contribution is -2.16. The summed E-state index contributed by atoms with van der Waals surface area (Å²) >= 11 is 0. The van der Waals surface area contributed by atoms with Crippen LogP contribution < -0.4 is 5.32 Å². The van der Waals surface area contributed by atoms with Crippen molar-refractivity contribution in [2.75, 3.05) is 13.1 Å². The van der Waals surface area contributed by atoms with E-state index in [4.69, 9.17) is 4.42 Å². The largest absolute Gasteiger partial charge is 0.441 e. The second-order valence-corrected chi connectivity index (χ2v) is 4.03. The maximum Gasteiger partial charge on any atom is 0.269 e. The average molecular weight is 261 g/mol. The number of benzene rings is 1. The van der Waals surface area contributed by atoms with Gasteiger partial charge in [-0.05, 0) is 18.7 Å². The Bertz CT molecular complexity index is 549. The first kappa shape index (κ1) is 13.2. The van der Waals surface area contributed by atoms with Crippen molar-refractivity contribution in [1.29, 1.82) is 0 Å². The van der Waals surface area contributed by atoms with Crippen molar-refractivity contribution in [3.05, 3.63) is 46.5 Å². The molecule has 0 bridgehead atoms. The Hall–Kier alpha value is -2.21. The molecule has 100 valence electrons. The van der Waals surface area contributed by atoms with Gasteiger partial charge in [0, 0.05) is 30.7 Å². The number of rotatable bonds is 6. The van der Waals surface area contributed by atoms with Gasteiger partial charge < -0.3 is 9.73 Å². The van der Waals surface area contributed by atoms with Crippen LogP contribution in [-0.4, -0.2) is 23.0 Å². The molecular formula is C13H15N3O3. The van der Waals surface area contributed by atoms with Crippen LogP contribution in [0.15, 0.2) is 34.9 Å². The number of non-ortho nitro benzene ring substituents is 1. The predicted octanol–water partition coefficient (Wildman–Crippen LogP) is 2.40. The van der Waals surface area contributed by atoms with Crippen molar-refractivity contribution in [2.24, 2.45) is 0 Å². The lowest BCUT2D eigenvalue weighted by Gasteiger charge is -1.98. The summed E-state index contributed by atoms with van der Waals surface area (Å²) in [7, 11) is 0. The molecule has 6 nitrogen and oxygen atoms in total. The summed E-state index contributed by atoms with van der Waals surface area (Å²) in [4.78, 5) is 14.3. The molecule has 0 saturated heterocycles. The molecule has 0 radical (unpaired) electrons. The fraction of sp³-hybridized carbons (Fsp3) is 0.308. The van der Waals surface area contributed by atoms with Gasteiger partial charge >= 0.3 is 0 Å². The summed E-state index contributed by atoms with van der Waals surface area (Å²) in [6, 6.07) is 6.23. The van der Waals surface area contributed by atoms with E-state index in [0.29, 0.717) is 11.7 Å². The van der Waals surface area contributed by atoms with Gasteiger partial charge in [-0.25, -0.2) is 4.98 Å². The summed E-state index contributed by atoms with van der Waals surface area (Å²) in [5.74, 6) is 1.29. The standard InChI is InChI=1S/C13H15N3O3/c1-2-14-8-7-13-15-9-12(19-13)10-3-5-11(6-4-10)16(17)18/h3-6,9,14H,2,7-8H2,1H3. The topological polar surface area (TPSA) is 81.2 Å². The number of hydrogen-bond donors (Lipinski definition) is 1. The van der Waals surface area contributed by atoms with E-state index in [1.165, 1.54) is 12.1 Å². The molecule has 2 rings (SSSR count). The van der Waals surface area contributed by atoms with Gasteiger partial charge in [-0.2, -0.15) is 0 Å². The molecule has 0 amide bonds. The monoisotopic (exact) mass is 261 g/mol. The molecule has 0 aliphatic carbocycles. The van der Waals surface area contributed by atoms with Crippen LogP contribution in [0.5, 0.6) is 0 Å². The van der Waals surface area contributed by atoms with Crippen LogP contribution in [0.1, 0.15) is 12.8 Å². The van der Waals surface area contributed by atoms with Crippen LogP contribution in [0.25, 0.3) is 11.3 Å². The van der Waals surface area contributed by atoms with Gasteiger partial charge in [0.1, 0.15) is 0 Å². The Morgan fingerprint density at radius 3 is 2.74 bits per heavy atom. The van der Waals surface area contributed by atoms with Gasteiger partial charge in [0.2, 0.25) is 0 Å². The third-order valence-corrected chi connectivity index (χ3v) is 2.68. The molecule has 0 saturated carbocycles. The van der Waals surface area contributed by atoms with Gasteiger partial charge in [-0.3, -0.25) is 10.1 Å². The van der Waals surface area contributed by atoms with Crippen LogP contribution in [0.2, 0.25) is 0 Å². The van der Waals surface area contributed by atoms with E-state index in [9.17, 15) is 10.1 Å². The zero-order chi connectivity index (χ0) is 13.7. The molecule has 0 aliphatic rings. The summed E-state index contributed by atoms with van der Waals surface area (Å²) in [5, 5.41) is 13.8. The average Bonchev–Trinajstić information content (AvgIpc) is 2.88. The minimum atomic E-state index is -0.425. The lowest BCUT2D eigenvalue weighted by atomic mass is 10.2. The third-order valence-electron chi connectivity index (χ3n) is 2.68. The number of likely N-dealkylation sites (N-methyl/N-ethyl adjacent to an activating group) is 1. The smallest absolute Gasteiger partial charge is 0.269 e. The summed E-state index contributed by atoms with van der Waals surface area (Å²) < 4.78 is 5.60. The van der Waals surface area contributed by atoms with Crippen LogP contribution in [0, 0.1) is 10.1 Å². The molecule has 6 heteroatoms. The number of nitrogens with one attached hydrogen (secondary N) is 1. The summed E-state index contributed by atoms with van der Waals surface area (Å²) in [6.45, 7) is 3.77. The molecule has 0 atom stereocenters. The van der Waals surface area contributed by atoms with Crippen molar-refractivity contribution in [3.63, 3.8) is 0 Å². The highest BCUT2D eigenvalue weighted by Crippen LogP contribution is 2.23. The number of nitro groups is 1. The second-order valence-electron chi connectivity index (χ2n) is 4.03. The summed E-state index contributed by atoms with van der Waals surface area (Å²) in [6.07, 6.45) is 2.36. The van der Waals surface area contributed by atoms with E-state index < -0.39 is 4.92 Å².